The summed E-state index contributed by atoms with van der Waals surface area (Å²) in [6.07, 6.45) is 0.884. The van der Waals surface area contributed by atoms with Gasteiger partial charge in [-0.1, -0.05) is 42.5 Å². The van der Waals surface area contributed by atoms with Gasteiger partial charge in [-0.05, 0) is 61.0 Å². The van der Waals surface area contributed by atoms with Crippen LogP contribution in [0.5, 0.6) is 5.75 Å². The SMILES string of the molecule is CN1CCN(c2ccc(C(=O)Nc3cc(-c4ccc(CCC(=O)Oc5ccccc5)cc4)[nH]n3)cc2)CC1. The van der Waals surface area contributed by atoms with Crippen LogP contribution in [0.25, 0.3) is 11.3 Å². The van der Waals surface area contributed by atoms with Crippen molar-refractivity contribution in [3.63, 3.8) is 0 Å². The predicted octanol–water partition coefficient (Wildman–Crippen LogP) is 4.62. The number of hydrogen-bond donors (Lipinski definition) is 2. The fourth-order valence-corrected chi connectivity index (χ4v) is 4.38. The summed E-state index contributed by atoms with van der Waals surface area (Å²) in [7, 11) is 2.13. The van der Waals surface area contributed by atoms with Crippen molar-refractivity contribution in [3.05, 3.63) is 96.1 Å². The van der Waals surface area contributed by atoms with E-state index in [1.165, 1.54) is 0 Å². The van der Waals surface area contributed by atoms with Crippen LogP contribution in [0.2, 0.25) is 0 Å². The summed E-state index contributed by atoms with van der Waals surface area (Å²) >= 11 is 0. The number of amides is 1. The number of anilines is 2. The quantitative estimate of drug-likeness (QED) is 0.266. The third-order valence-corrected chi connectivity index (χ3v) is 6.68. The van der Waals surface area contributed by atoms with Gasteiger partial charge in [0, 0.05) is 49.9 Å². The molecule has 1 saturated heterocycles. The molecule has 1 aliphatic rings. The molecule has 0 aliphatic carbocycles. The number of piperazine rings is 1. The molecule has 2 heterocycles. The molecule has 38 heavy (non-hydrogen) atoms. The molecule has 0 spiro atoms. The van der Waals surface area contributed by atoms with Crippen molar-refractivity contribution in [2.45, 2.75) is 12.8 Å². The van der Waals surface area contributed by atoms with E-state index >= 15 is 0 Å². The highest BCUT2D eigenvalue weighted by Gasteiger charge is 2.15. The van der Waals surface area contributed by atoms with Crippen LogP contribution < -0.4 is 15.0 Å². The molecule has 194 valence electrons. The second kappa shape index (κ2) is 11.7. The van der Waals surface area contributed by atoms with Crippen molar-refractivity contribution < 1.29 is 14.3 Å². The Bertz CT molecular complexity index is 1360. The first-order chi connectivity index (χ1) is 18.5. The zero-order valence-corrected chi connectivity index (χ0v) is 21.4. The first kappa shape index (κ1) is 25.2. The van der Waals surface area contributed by atoms with Crippen LogP contribution in [-0.2, 0) is 11.2 Å². The second-order valence-electron chi connectivity index (χ2n) is 9.44. The Balaban J connectivity index is 1.13. The highest BCUT2D eigenvalue weighted by atomic mass is 16.5. The topological polar surface area (TPSA) is 90.6 Å². The van der Waals surface area contributed by atoms with Crippen LogP contribution >= 0.6 is 0 Å². The Labute approximate surface area is 222 Å². The summed E-state index contributed by atoms with van der Waals surface area (Å²) in [6.45, 7) is 4.05. The number of nitrogens with one attached hydrogen (secondary N) is 2. The monoisotopic (exact) mass is 509 g/mol. The Morgan fingerprint density at radius 2 is 1.63 bits per heavy atom. The van der Waals surface area contributed by atoms with Crippen LogP contribution in [0, 0.1) is 0 Å². The van der Waals surface area contributed by atoms with Gasteiger partial charge in [0.2, 0.25) is 0 Å². The van der Waals surface area contributed by atoms with Gasteiger partial charge in [0.1, 0.15) is 5.75 Å². The lowest BCUT2D eigenvalue weighted by atomic mass is 10.1. The summed E-state index contributed by atoms with van der Waals surface area (Å²) in [5, 5.41) is 10.1. The van der Waals surface area contributed by atoms with Gasteiger partial charge in [-0.15, -0.1) is 0 Å². The third kappa shape index (κ3) is 6.46. The van der Waals surface area contributed by atoms with Gasteiger partial charge in [-0.3, -0.25) is 14.7 Å². The number of ether oxygens (including phenoxy) is 1. The number of hydrogen-bond acceptors (Lipinski definition) is 6. The van der Waals surface area contributed by atoms with Crippen molar-refractivity contribution in [1.82, 2.24) is 15.1 Å². The molecule has 1 aromatic heterocycles. The number of para-hydroxylation sites is 1. The van der Waals surface area contributed by atoms with E-state index in [0.29, 0.717) is 30.0 Å². The molecular formula is C30H31N5O3. The summed E-state index contributed by atoms with van der Waals surface area (Å²) in [5.41, 5.74) is 4.48. The number of benzene rings is 3. The van der Waals surface area contributed by atoms with E-state index in [-0.39, 0.29) is 11.9 Å². The first-order valence-corrected chi connectivity index (χ1v) is 12.8. The average Bonchev–Trinajstić information content (AvgIpc) is 3.42. The van der Waals surface area contributed by atoms with Crippen molar-refractivity contribution in [1.29, 1.82) is 0 Å². The van der Waals surface area contributed by atoms with Crippen LogP contribution in [0.4, 0.5) is 11.5 Å². The van der Waals surface area contributed by atoms with Crippen molar-refractivity contribution in [2.24, 2.45) is 0 Å². The van der Waals surface area contributed by atoms with Gasteiger partial charge < -0.3 is 19.9 Å². The fourth-order valence-electron chi connectivity index (χ4n) is 4.38. The van der Waals surface area contributed by atoms with Gasteiger partial charge in [-0.25, -0.2) is 0 Å². The zero-order valence-electron chi connectivity index (χ0n) is 21.4. The van der Waals surface area contributed by atoms with Gasteiger partial charge in [0.05, 0.1) is 5.69 Å². The number of esters is 1. The number of carbonyl (C=O) groups excluding carboxylic acids is 2. The summed E-state index contributed by atoms with van der Waals surface area (Å²) in [4.78, 5) is 29.5. The number of likely N-dealkylation sites (N-methyl/N-ethyl adjacent to an activating group) is 1. The normalized spacial score (nSPS) is 13.8. The van der Waals surface area contributed by atoms with E-state index in [0.717, 1.165) is 48.7 Å². The van der Waals surface area contributed by atoms with Gasteiger partial charge >= 0.3 is 5.97 Å². The number of rotatable bonds is 8. The first-order valence-electron chi connectivity index (χ1n) is 12.8. The molecule has 5 rings (SSSR count). The zero-order chi connectivity index (χ0) is 26.3. The average molecular weight is 510 g/mol. The summed E-state index contributed by atoms with van der Waals surface area (Å²) in [5.74, 6) is 0.549. The lowest BCUT2D eigenvalue weighted by Gasteiger charge is -2.34. The Hall–Kier alpha value is -4.43. The lowest BCUT2D eigenvalue weighted by molar-refractivity contribution is -0.134. The van der Waals surface area contributed by atoms with E-state index in [2.05, 4.69) is 32.4 Å². The molecule has 0 saturated carbocycles. The number of carbonyl (C=O) groups is 2. The minimum Gasteiger partial charge on any atom is -0.427 e. The summed E-state index contributed by atoms with van der Waals surface area (Å²) in [6, 6.07) is 26.5. The standard InChI is InChI=1S/C30H31N5O3/c1-34-17-19-35(20-18-34)25-14-12-24(13-15-25)30(37)31-28-21-27(32-33-28)23-10-7-22(8-11-23)9-16-29(36)38-26-5-3-2-4-6-26/h2-8,10-15,21H,9,16-20H2,1H3,(H2,31,32,33,37). The van der Waals surface area contributed by atoms with E-state index in [1.54, 1.807) is 12.1 Å². The molecule has 1 aliphatic heterocycles. The largest absolute Gasteiger partial charge is 0.427 e. The van der Waals surface area contributed by atoms with Gasteiger partial charge in [0.15, 0.2) is 5.82 Å². The van der Waals surface area contributed by atoms with Crippen molar-refractivity contribution >= 4 is 23.4 Å². The van der Waals surface area contributed by atoms with Crippen molar-refractivity contribution in [2.75, 3.05) is 43.4 Å². The molecule has 0 atom stereocenters. The number of nitrogens with zero attached hydrogens (tertiary/aromatic N) is 3. The highest BCUT2D eigenvalue weighted by molar-refractivity contribution is 6.04. The third-order valence-electron chi connectivity index (χ3n) is 6.68. The molecule has 3 aromatic carbocycles. The number of aromatic nitrogens is 2. The van der Waals surface area contributed by atoms with Crippen LogP contribution in [0.1, 0.15) is 22.3 Å². The molecule has 1 amide bonds. The molecule has 2 N–H and O–H groups in total. The number of H-pyrrole nitrogens is 1. The molecule has 0 unspecified atom stereocenters. The van der Waals surface area contributed by atoms with Crippen LogP contribution in [-0.4, -0.2) is 60.2 Å². The fraction of sp³-hybridized carbons (Fsp3) is 0.233. The molecule has 8 nitrogen and oxygen atoms in total. The highest BCUT2D eigenvalue weighted by Crippen LogP contribution is 2.22. The van der Waals surface area contributed by atoms with Crippen LogP contribution in [0.3, 0.4) is 0 Å². The van der Waals surface area contributed by atoms with Gasteiger partial charge in [-0.2, -0.15) is 5.10 Å². The smallest absolute Gasteiger partial charge is 0.311 e. The molecule has 1 fully saturated rings. The maximum Gasteiger partial charge on any atom is 0.311 e. The Kier molecular flexibility index (Phi) is 7.80. The lowest BCUT2D eigenvalue weighted by Crippen LogP contribution is -2.44. The minimum atomic E-state index is -0.261. The number of aromatic amines is 1. The molecule has 4 aromatic rings. The molecule has 8 heteroatoms. The molecule has 0 radical (unpaired) electrons. The van der Waals surface area contributed by atoms with Crippen molar-refractivity contribution in [3.8, 4) is 17.0 Å². The molecule has 0 bridgehead atoms. The van der Waals surface area contributed by atoms with E-state index in [4.69, 9.17) is 4.74 Å². The van der Waals surface area contributed by atoms with E-state index in [1.807, 2.05) is 72.8 Å². The minimum absolute atomic E-state index is 0.203. The van der Waals surface area contributed by atoms with Gasteiger partial charge in [0.25, 0.3) is 5.91 Å². The maximum absolute atomic E-state index is 12.8. The Morgan fingerprint density at radius 3 is 2.34 bits per heavy atom. The second-order valence-corrected chi connectivity index (χ2v) is 9.44. The van der Waals surface area contributed by atoms with E-state index < -0.39 is 0 Å². The molecular weight excluding hydrogens is 478 g/mol. The predicted molar refractivity (Wildman–Crippen MR) is 149 cm³/mol. The summed E-state index contributed by atoms with van der Waals surface area (Å²) < 4.78 is 5.34. The van der Waals surface area contributed by atoms with E-state index in [9.17, 15) is 9.59 Å². The number of aryl methyl sites for hydroxylation is 1. The Morgan fingerprint density at radius 1 is 0.921 bits per heavy atom. The van der Waals surface area contributed by atoms with Crippen LogP contribution in [0.15, 0.2) is 84.9 Å². The maximum atomic E-state index is 12.8.